The minimum absolute atomic E-state index is 0.686. The fourth-order valence-electron chi connectivity index (χ4n) is 4.48. The first kappa shape index (κ1) is 13.8. The van der Waals surface area contributed by atoms with Gasteiger partial charge in [-0.3, -0.25) is 9.80 Å². The van der Waals surface area contributed by atoms with E-state index in [9.17, 15) is 0 Å². The van der Waals surface area contributed by atoms with Crippen LogP contribution in [-0.4, -0.2) is 72.6 Å². The number of rotatable bonds is 3. The van der Waals surface area contributed by atoms with Gasteiger partial charge in [0.05, 0.1) is 0 Å². The van der Waals surface area contributed by atoms with Crippen molar-refractivity contribution < 1.29 is 0 Å². The van der Waals surface area contributed by atoms with Crippen molar-refractivity contribution in [3.63, 3.8) is 0 Å². The predicted octanol–water partition coefficient (Wildman–Crippen LogP) is 1.74. The van der Waals surface area contributed by atoms with Crippen molar-refractivity contribution in [2.24, 2.45) is 11.3 Å². The molecule has 0 N–H and O–H groups in total. The minimum Gasteiger partial charge on any atom is -0.303 e. The molecule has 110 valence electrons. The molecule has 0 aromatic rings. The van der Waals surface area contributed by atoms with Gasteiger partial charge < -0.3 is 4.90 Å². The maximum absolute atomic E-state index is 2.79. The van der Waals surface area contributed by atoms with Gasteiger partial charge in [-0.25, -0.2) is 0 Å². The highest BCUT2D eigenvalue weighted by Gasteiger charge is 2.54. The molecule has 1 unspecified atom stereocenters. The fourth-order valence-corrected chi connectivity index (χ4v) is 4.48. The van der Waals surface area contributed by atoms with Crippen LogP contribution in [0.3, 0.4) is 0 Å². The molecule has 0 bridgehead atoms. The van der Waals surface area contributed by atoms with E-state index in [1.54, 1.807) is 0 Å². The lowest BCUT2D eigenvalue weighted by Gasteiger charge is -2.64. The summed E-state index contributed by atoms with van der Waals surface area (Å²) in [5.74, 6) is 0.854. The Morgan fingerprint density at radius 3 is 2.37 bits per heavy atom. The molecule has 1 spiro atoms. The third-order valence-electron chi connectivity index (χ3n) is 5.74. The zero-order valence-electron chi connectivity index (χ0n) is 13.2. The molecule has 2 atom stereocenters. The monoisotopic (exact) mass is 265 g/mol. The van der Waals surface area contributed by atoms with Crippen LogP contribution in [0.25, 0.3) is 0 Å². The van der Waals surface area contributed by atoms with Gasteiger partial charge in [0, 0.05) is 50.2 Å². The number of likely N-dealkylation sites (tertiary alicyclic amines) is 3. The largest absolute Gasteiger partial charge is 0.303 e. The molecule has 3 heterocycles. The Hall–Kier alpha value is -0.120. The van der Waals surface area contributed by atoms with Crippen LogP contribution in [0.1, 0.15) is 34.1 Å². The van der Waals surface area contributed by atoms with Crippen molar-refractivity contribution in [3.05, 3.63) is 0 Å². The van der Waals surface area contributed by atoms with Gasteiger partial charge in [-0.05, 0) is 39.3 Å². The summed E-state index contributed by atoms with van der Waals surface area (Å²) in [5, 5.41) is 0. The quantitative estimate of drug-likeness (QED) is 0.770. The van der Waals surface area contributed by atoms with Crippen LogP contribution in [0.15, 0.2) is 0 Å². The van der Waals surface area contributed by atoms with Crippen molar-refractivity contribution in [2.45, 2.75) is 46.2 Å². The van der Waals surface area contributed by atoms with E-state index in [4.69, 9.17) is 0 Å². The second kappa shape index (κ2) is 5.01. The molecule has 3 nitrogen and oxygen atoms in total. The molecule has 3 heteroatoms. The lowest BCUT2D eigenvalue weighted by Crippen LogP contribution is -2.75. The molecule has 3 rings (SSSR count). The van der Waals surface area contributed by atoms with Gasteiger partial charge in [-0.15, -0.1) is 0 Å². The zero-order valence-corrected chi connectivity index (χ0v) is 13.2. The second-order valence-corrected chi connectivity index (χ2v) is 7.63. The summed E-state index contributed by atoms with van der Waals surface area (Å²) < 4.78 is 0. The van der Waals surface area contributed by atoms with Crippen LogP contribution >= 0.6 is 0 Å². The van der Waals surface area contributed by atoms with Gasteiger partial charge in [0.1, 0.15) is 0 Å². The van der Waals surface area contributed by atoms with Gasteiger partial charge in [0.2, 0.25) is 0 Å². The molecule has 0 saturated carbocycles. The smallest absolute Gasteiger partial charge is 0.0212 e. The summed E-state index contributed by atoms with van der Waals surface area (Å²) in [6.45, 7) is 18.7. The van der Waals surface area contributed by atoms with Gasteiger partial charge in [-0.1, -0.05) is 13.8 Å². The van der Waals surface area contributed by atoms with E-state index >= 15 is 0 Å². The Morgan fingerprint density at radius 1 is 1.16 bits per heavy atom. The SMILES string of the molecule is CCN1CCC(N2CC3(CN(C(C)C)C3)C2)[C@@H](C)C1. The number of nitrogens with zero attached hydrogens (tertiary/aromatic N) is 3. The molecule has 0 aliphatic carbocycles. The summed E-state index contributed by atoms with van der Waals surface area (Å²) in [7, 11) is 0. The standard InChI is InChI=1S/C16H31N3/c1-5-17-7-6-15(14(4)8-17)19-11-16(12-19)9-18(10-16)13(2)3/h13-15H,5-12H2,1-4H3/t14-,15?/m0/s1. The summed E-state index contributed by atoms with van der Waals surface area (Å²) in [6, 6.07) is 1.60. The second-order valence-electron chi connectivity index (χ2n) is 7.63. The van der Waals surface area contributed by atoms with E-state index in [0.29, 0.717) is 5.41 Å². The average Bonchev–Trinajstić information content (AvgIpc) is 2.26. The van der Waals surface area contributed by atoms with Crippen molar-refractivity contribution in [1.82, 2.24) is 14.7 Å². The molecule has 3 aliphatic heterocycles. The molecule has 3 fully saturated rings. The summed E-state index contributed by atoms with van der Waals surface area (Å²) in [4.78, 5) is 8.02. The van der Waals surface area contributed by atoms with Crippen molar-refractivity contribution >= 4 is 0 Å². The first-order chi connectivity index (χ1) is 9.03. The molecule has 3 saturated heterocycles. The van der Waals surface area contributed by atoms with Crippen LogP contribution < -0.4 is 0 Å². The van der Waals surface area contributed by atoms with Crippen LogP contribution in [0.4, 0.5) is 0 Å². The lowest BCUT2D eigenvalue weighted by molar-refractivity contribution is -0.151. The Bertz CT molecular complexity index is 314. The Kier molecular flexibility index (Phi) is 3.65. The fraction of sp³-hybridized carbons (Fsp3) is 1.00. The average molecular weight is 265 g/mol. The van der Waals surface area contributed by atoms with Gasteiger partial charge >= 0.3 is 0 Å². The van der Waals surface area contributed by atoms with Crippen LogP contribution in [-0.2, 0) is 0 Å². The highest BCUT2D eigenvalue weighted by atomic mass is 15.3. The lowest BCUT2D eigenvalue weighted by atomic mass is 9.70. The summed E-state index contributed by atoms with van der Waals surface area (Å²) >= 11 is 0. The highest BCUT2D eigenvalue weighted by Crippen LogP contribution is 2.43. The van der Waals surface area contributed by atoms with Gasteiger partial charge in [-0.2, -0.15) is 0 Å². The number of piperidine rings is 1. The van der Waals surface area contributed by atoms with Crippen LogP contribution in [0.5, 0.6) is 0 Å². The van der Waals surface area contributed by atoms with Crippen molar-refractivity contribution in [1.29, 1.82) is 0 Å². The van der Waals surface area contributed by atoms with E-state index in [-0.39, 0.29) is 0 Å². The normalized spacial score (nSPS) is 36.5. The molecule has 0 aromatic carbocycles. The molecular weight excluding hydrogens is 234 g/mol. The first-order valence-electron chi connectivity index (χ1n) is 8.23. The Morgan fingerprint density at radius 2 is 1.84 bits per heavy atom. The van der Waals surface area contributed by atoms with E-state index in [2.05, 4.69) is 42.4 Å². The van der Waals surface area contributed by atoms with Crippen molar-refractivity contribution in [2.75, 3.05) is 45.8 Å². The first-order valence-corrected chi connectivity index (χ1v) is 8.23. The topological polar surface area (TPSA) is 9.72 Å². The third-order valence-corrected chi connectivity index (χ3v) is 5.74. The van der Waals surface area contributed by atoms with Gasteiger partial charge in [0.25, 0.3) is 0 Å². The van der Waals surface area contributed by atoms with Crippen molar-refractivity contribution in [3.8, 4) is 0 Å². The minimum atomic E-state index is 0.686. The van der Waals surface area contributed by atoms with Crippen LogP contribution in [0, 0.1) is 11.3 Å². The summed E-state index contributed by atoms with van der Waals surface area (Å²) in [6.07, 6.45) is 1.39. The Labute approximate surface area is 118 Å². The molecule has 19 heavy (non-hydrogen) atoms. The maximum atomic E-state index is 2.79. The number of hydrogen-bond donors (Lipinski definition) is 0. The highest BCUT2D eigenvalue weighted by molar-refractivity contribution is 5.08. The maximum Gasteiger partial charge on any atom is 0.0212 e. The van der Waals surface area contributed by atoms with E-state index in [1.165, 1.54) is 52.2 Å². The molecule has 3 aliphatic rings. The zero-order chi connectivity index (χ0) is 13.6. The van der Waals surface area contributed by atoms with E-state index in [0.717, 1.165) is 18.0 Å². The molecule has 0 radical (unpaired) electrons. The number of hydrogen-bond acceptors (Lipinski definition) is 3. The van der Waals surface area contributed by atoms with E-state index < -0.39 is 0 Å². The van der Waals surface area contributed by atoms with E-state index in [1.807, 2.05) is 0 Å². The third kappa shape index (κ3) is 2.45. The predicted molar refractivity (Wildman–Crippen MR) is 80.4 cm³/mol. The van der Waals surface area contributed by atoms with Gasteiger partial charge in [0.15, 0.2) is 0 Å². The molecular formula is C16H31N3. The summed E-state index contributed by atoms with van der Waals surface area (Å²) in [5.41, 5.74) is 0.686. The van der Waals surface area contributed by atoms with Crippen LogP contribution in [0.2, 0.25) is 0 Å². The molecule has 0 aromatic heterocycles. The Balaban J connectivity index is 1.47. The molecule has 0 amide bonds.